The second kappa shape index (κ2) is 9.89. The molecule has 0 amide bonds. The maximum Gasteiger partial charge on any atom is 0.176 e. The van der Waals surface area contributed by atoms with Crippen molar-refractivity contribution in [2.75, 3.05) is 13.1 Å². The Morgan fingerprint density at radius 1 is 0.900 bits per heavy atom. The van der Waals surface area contributed by atoms with Gasteiger partial charge in [0.05, 0.1) is 35.6 Å². The average molecular weight is 532 g/mol. The summed E-state index contributed by atoms with van der Waals surface area (Å²) in [6.45, 7) is 6.71. The predicted octanol–water partition coefficient (Wildman–Crippen LogP) is 4.16. The van der Waals surface area contributed by atoms with Crippen molar-refractivity contribution in [2.24, 2.45) is 0 Å². The minimum absolute atomic E-state index is 0.149. The van der Waals surface area contributed by atoms with E-state index in [9.17, 15) is 5.11 Å². The van der Waals surface area contributed by atoms with Crippen molar-refractivity contribution in [1.29, 1.82) is 0 Å². The number of rotatable bonds is 5. The Morgan fingerprint density at radius 3 is 2.50 bits per heavy atom. The number of fused-ring (bicyclic) bond motifs is 2. The zero-order valence-corrected chi connectivity index (χ0v) is 22.4. The number of aryl methyl sites for hydroxylation is 2. The summed E-state index contributed by atoms with van der Waals surface area (Å²) in [7, 11) is 0. The first-order valence-corrected chi connectivity index (χ1v) is 13.5. The molecule has 1 aliphatic rings. The Kier molecular flexibility index (Phi) is 6.06. The molecule has 10 nitrogen and oxygen atoms in total. The smallest absolute Gasteiger partial charge is 0.176 e. The predicted molar refractivity (Wildman–Crippen MR) is 152 cm³/mol. The van der Waals surface area contributed by atoms with Gasteiger partial charge in [-0.25, -0.2) is 19.5 Å². The maximum atomic E-state index is 9.77. The number of hydrogen-bond acceptors (Lipinski definition) is 8. The number of piperidine rings is 1. The molecule has 1 aromatic carbocycles. The molecule has 1 fully saturated rings. The number of nitrogens with zero attached hydrogens (tertiary/aromatic N) is 9. The van der Waals surface area contributed by atoms with E-state index in [0.717, 1.165) is 77.3 Å². The Balaban J connectivity index is 1.19. The highest BCUT2D eigenvalue weighted by molar-refractivity contribution is 5.92. The SMILES string of the molecule is Cc1cnn(-c2ccc3c(-c4cnc5cc(-c6ccc(CN7CCC(O)CC7)cc6)c(C)nn45)ccnc3n2)n1. The Bertz CT molecular complexity index is 1830. The molecule has 6 heterocycles. The molecule has 0 atom stereocenters. The van der Waals surface area contributed by atoms with Gasteiger partial charge in [0.25, 0.3) is 0 Å². The van der Waals surface area contributed by atoms with Gasteiger partial charge in [-0.1, -0.05) is 24.3 Å². The minimum Gasteiger partial charge on any atom is -0.393 e. The van der Waals surface area contributed by atoms with Crippen LogP contribution >= 0.6 is 0 Å². The molecule has 0 spiro atoms. The van der Waals surface area contributed by atoms with Gasteiger partial charge < -0.3 is 5.11 Å². The lowest BCUT2D eigenvalue weighted by atomic mass is 10.0. The van der Waals surface area contributed by atoms with Gasteiger partial charge in [-0.2, -0.15) is 15.3 Å². The van der Waals surface area contributed by atoms with Crippen LogP contribution in [0.3, 0.4) is 0 Å². The molecule has 0 aliphatic carbocycles. The molecule has 0 saturated carbocycles. The van der Waals surface area contributed by atoms with Crippen LogP contribution in [0, 0.1) is 13.8 Å². The molecule has 0 bridgehead atoms. The second-order valence-electron chi connectivity index (χ2n) is 10.4. The maximum absolute atomic E-state index is 9.77. The van der Waals surface area contributed by atoms with E-state index in [2.05, 4.69) is 50.4 Å². The van der Waals surface area contributed by atoms with Crippen molar-refractivity contribution in [1.82, 2.24) is 44.5 Å². The fraction of sp³-hybridized carbons (Fsp3) is 0.267. The fourth-order valence-electron chi connectivity index (χ4n) is 5.41. The van der Waals surface area contributed by atoms with E-state index in [-0.39, 0.29) is 6.10 Å². The third-order valence-corrected chi connectivity index (χ3v) is 7.58. The Morgan fingerprint density at radius 2 is 1.73 bits per heavy atom. The van der Waals surface area contributed by atoms with Crippen LogP contribution in [0.2, 0.25) is 0 Å². The van der Waals surface area contributed by atoms with Crippen LogP contribution in [0.5, 0.6) is 0 Å². The lowest BCUT2D eigenvalue weighted by Crippen LogP contribution is -2.35. The van der Waals surface area contributed by atoms with Crippen LogP contribution < -0.4 is 0 Å². The van der Waals surface area contributed by atoms with Crippen LogP contribution in [0.25, 0.3) is 44.9 Å². The van der Waals surface area contributed by atoms with Gasteiger partial charge in [-0.05, 0) is 62.1 Å². The molecular weight excluding hydrogens is 502 g/mol. The molecule has 10 heteroatoms. The van der Waals surface area contributed by atoms with E-state index in [1.54, 1.807) is 12.4 Å². The normalized spacial score (nSPS) is 14.9. The molecular formula is C30H29N9O. The number of likely N-dealkylation sites (tertiary alicyclic amines) is 1. The highest BCUT2D eigenvalue weighted by Crippen LogP contribution is 2.30. The van der Waals surface area contributed by atoms with Gasteiger partial charge in [-0.15, -0.1) is 4.80 Å². The molecule has 0 radical (unpaired) electrons. The monoisotopic (exact) mass is 531 g/mol. The average Bonchev–Trinajstić information content (AvgIpc) is 3.59. The highest BCUT2D eigenvalue weighted by Gasteiger charge is 2.18. The Labute approximate surface area is 231 Å². The van der Waals surface area contributed by atoms with Crippen LogP contribution in [0.4, 0.5) is 0 Å². The van der Waals surface area contributed by atoms with E-state index in [1.807, 2.05) is 42.8 Å². The van der Waals surface area contributed by atoms with Gasteiger partial charge in [0, 0.05) is 42.3 Å². The minimum atomic E-state index is -0.149. The summed E-state index contributed by atoms with van der Waals surface area (Å²) in [4.78, 5) is 17.8. The summed E-state index contributed by atoms with van der Waals surface area (Å²) in [6.07, 6.45) is 6.86. The van der Waals surface area contributed by atoms with E-state index < -0.39 is 0 Å². The zero-order valence-electron chi connectivity index (χ0n) is 22.4. The van der Waals surface area contributed by atoms with Crippen molar-refractivity contribution >= 4 is 16.7 Å². The second-order valence-corrected chi connectivity index (χ2v) is 10.4. The topological polar surface area (TPSA) is 110 Å². The number of benzene rings is 1. The number of aromatic nitrogens is 8. The van der Waals surface area contributed by atoms with E-state index in [0.29, 0.717) is 11.5 Å². The van der Waals surface area contributed by atoms with Crippen LogP contribution in [0.15, 0.2) is 67.1 Å². The third-order valence-electron chi connectivity index (χ3n) is 7.58. The highest BCUT2D eigenvalue weighted by atomic mass is 16.3. The zero-order chi connectivity index (χ0) is 27.2. The van der Waals surface area contributed by atoms with Gasteiger partial charge in [0.1, 0.15) is 0 Å². The van der Waals surface area contributed by atoms with Crippen LogP contribution in [0.1, 0.15) is 29.8 Å². The van der Waals surface area contributed by atoms with Gasteiger partial charge >= 0.3 is 0 Å². The summed E-state index contributed by atoms with van der Waals surface area (Å²) < 4.78 is 1.89. The quantitative estimate of drug-likeness (QED) is 0.353. The lowest BCUT2D eigenvalue weighted by molar-refractivity contribution is 0.0792. The molecule has 200 valence electrons. The number of aliphatic hydroxyl groups excluding tert-OH is 1. The van der Waals surface area contributed by atoms with Crippen molar-refractivity contribution in [3.63, 3.8) is 0 Å². The van der Waals surface area contributed by atoms with Crippen molar-refractivity contribution in [2.45, 2.75) is 39.3 Å². The van der Waals surface area contributed by atoms with Crippen molar-refractivity contribution < 1.29 is 5.11 Å². The molecule has 1 saturated heterocycles. The molecule has 0 unspecified atom stereocenters. The molecule has 6 aromatic rings. The molecule has 7 rings (SSSR count). The Hall–Kier alpha value is -4.54. The molecule has 5 aromatic heterocycles. The molecule has 1 N–H and O–H groups in total. The third kappa shape index (κ3) is 4.51. The summed E-state index contributed by atoms with van der Waals surface area (Å²) in [5.41, 5.74) is 8.40. The summed E-state index contributed by atoms with van der Waals surface area (Å²) in [6, 6.07) is 16.6. The molecule has 1 aliphatic heterocycles. The number of hydrogen-bond donors (Lipinski definition) is 1. The van der Waals surface area contributed by atoms with E-state index in [4.69, 9.17) is 15.1 Å². The van der Waals surface area contributed by atoms with Crippen molar-refractivity contribution in [3.8, 4) is 28.2 Å². The lowest BCUT2D eigenvalue weighted by Gasteiger charge is -2.29. The van der Waals surface area contributed by atoms with Crippen LogP contribution in [-0.4, -0.2) is 68.8 Å². The van der Waals surface area contributed by atoms with Crippen molar-refractivity contribution in [3.05, 3.63) is 84.1 Å². The first-order valence-electron chi connectivity index (χ1n) is 13.5. The number of pyridine rings is 2. The number of aliphatic hydroxyl groups is 1. The molecule has 40 heavy (non-hydrogen) atoms. The van der Waals surface area contributed by atoms with Crippen LogP contribution in [-0.2, 0) is 6.54 Å². The first kappa shape index (κ1) is 24.5. The van der Waals surface area contributed by atoms with Gasteiger partial charge in [-0.3, -0.25) is 4.90 Å². The fourth-order valence-corrected chi connectivity index (χ4v) is 5.41. The van der Waals surface area contributed by atoms with E-state index >= 15 is 0 Å². The number of imidazole rings is 1. The van der Waals surface area contributed by atoms with Gasteiger partial charge in [0.15, 0.2) is 17.1 Å². The largest absolute Gasteiger partial charge is 0.393 e. The van der Waals surface area contributed by atoms with E-state index in [1.165, 1.54) is 10.4 Å². The van der Waals surface area contributed by atoms with Gasteiger partial charge in [0.2, 0.25) is 0 Å². The first-order chi connectivity index (χ1) is 19.5. The summed E-state index contributed by atoms with van der Waals surface area (Å²) >= 11 is 0. The summed E-state index contributed by atoms with van der Waals surface area (Å²) in [5.74, 6) is 0.614. The summed E-state index contributed by atoms with van der Waals surface area (Å²) in [5, 5.41) is 24.2. The standard InChI is InChI=1S/C30H29N9O/c1-19-16-33-39(35-19)28-8-7-25-24(9-12-31-30(25)34-28)27-17-32-29-15-26(20(2)36-38(27)29)22-5-3-21(4-6-22)18-37-13-10-23(40)11-14-37/h3-9,12,15-17,23,40H,10-11,13-14,18H2,1-2H3.